The molecule has 0 saturated carbocycles. The first-order chi connectivity index (χ1) is 17.8. The number of aliphatic hydroxyl groups is 1. The van der Waals surface area contributed by atoms with E-state index < -0.39 is 36.0 Å². The molecule has 11 nitrogen and oxygen atoms in total. The lowest BCUT2D eigenvalue weighted by Gasteiger charge is -2.43. The number of ether oxygens (including phenoxy) is 8. The van der Waals surface area contributed by atoms with Crippen LogP contribution in [0.5, 0.6) is 34.5 Å². The van der Waals surface area contributed by atoms with Crippen LogP contribution in [0.4, 0.5) is 0 Å². The Hall–Kier alpha value is -3.86. The molecule has 1 N–H and O–H groups in total. The average molecular weight is 519 g/mol. The normalized spacial score (nSPS) is 21.4. The van der Waals surface area contributed by atoms with E-state index in [1.54, 1.807) is 38.1 Å². The van der Waals surface area contributed by atoms with E-state index in [0.717, 1.165) is 0 Å². The molecule has 11 heteroatoms. The fourth-order valence-electron chi connectivity index (χ4n) is 4.73. The average Bonchev–Trinajstić information content (AvgIpc) is 3.33. The topological polar surface area (TPSA) is 128 Å². The Kier molecular flexibility index (Phi) is 7.53. The summed E-state index contributed by atoms with van der Waals surface area (Å²) < 4.78 is 44.0. The van der Waals surface area contributed by atoms with Gasteiger partial charge in [0.2, 0.25) is 18.3 Å². The fourth-order valence-corrected chi connectivity index (χ4v) is 4.73. The molecule has 200 valence electrons. The molecular weight excluding hydrogens is 488 g/mol. The van der Waals surface area contributed by atoms with Crippen LogP contribution in [-0.2, 0) is 19.1 Å². The Morgan fingerprint density at radius 3 is 2.11 bits per heavy atom. The lowest BCUT2D eigenvalue weighted by Crippen LogP contribution is -2.54. The van der Waals surface area contributed by atoms with Gasteiger partial charge in [-0.25, -0.2) is 0 Å². The number of hydrogen-bond donors (Lipinski definition) is 1. The first kappa shape index (κ1) is 26.2. The Bertz CT molecular complexity index is 1150. The van der Waals surface area contributed by atoms with Gasteiger partial charge in [0.25, 0.3) is 0 Å². The maximum atomic E-state index is 13.5. The van der Waals surface area contributed by atoms with Crippen LogP contribution < -0.4 is 28.4 Å². The highest BCUT2D eigenvalue weighted by atomic mass is 16.7. The minimum Gasteiger partial charge on any atom is -0.493 e. The van der Waals surface area contributed by atoms with Crippen LogP contribution in [-0.4, -0.2) is 64.2 Å². The van der Waals surface area contributed by atoms with Gasteiger partial charge in [-0.3, -0.25) is 9.59 Å². The van der Waals surface area contributed by atoms with Crippen LogP contribution in [0.15, 0.2) is 24.3 Å². The quantitative estimate of drug-likeness (QED) is 0.492. The zero-order valence-corrected chi connectivity index (χ0v) is 21.3. The van der Waals surface area contributed by atoms with Gasteiger partial charge in [0.15, 0.2) is 23.0 Å². The van der Waals surface area contributed by atoms with E-state index >= 15 is 0 Å². The molecule has 0 spiro atoms. The summed E-state index contributed by atoms with van der Waals surface area (Å²) in [5.74, 6) is -4.03. The van der Waals surface area contributed by atoms with Crippen LogP contribution in [0.25, 0.3) is 0 Å². The largest absolute Gasteiger partial charge is 0.493 e. The summed E-state index contributed by atoms with van der Waals surface area (Å²) >= 11 is 0. The van der Waals surface area contributed by atoms with Crippen molar-refractivity contribution in [1.82, 2.24) is 0 Å². The number of esters is 2. The van der Waals surface area contributed by atoms with Gasteiger partial charge < -0.3 is 43.0 Å². The van der Waals surface area contributed by atoms with E-state index in [4.69, 9.17) is 37.9 Å². The van der Waals surface area contributed by atoms with Crippen molar-refractivity contribution in [1.29, 1.82) is 0 Å². The maximum Gasteiger partial charge on any atom is 0.316 e. The van der Waals surface area contributed by atoms with Crippen LogP contribution in [0.1, 0.15) is 37.3 Å². The predicted octanol–water partition coefficient (Wildman–Crippen LogP) is 2.79. The van der Waals surface area contributed by atoms with E-state index in [2.05, 4.69) is 0 Å². The molecule has 2 aromatic rings. The molecule has 0 radical (unpaired) electrons. The number of benzene rings is 2. The Morgan fingerprint density at radius 2 is 1.54 bits per heavy atom. The minimum atomic E-state index is -2.32. The number of hydrogen-bond acceptors (Lipinski definition) is 11. The van der Waals surface area contributed by atoms with E-state index in [0.29, 0.717) is 39.9 Å². The van der Waals surface area contributed by atoms with Gasteiger partial charge in [-0.05, 0) is 37.6 Å². The molecule has 0 fully saturated rings. The van der Waals surface area contributed by atoms with Gasteiger partial charge in [0, 0.05) is 17.5 Å². The summed E-state index contributed by atoms with van der Waals surface area (Å²) in [5.41, 5.74) is 1.02. The minimum absolute atomic E-state index is 0.00146. The van der Waals surface area contributed by atoms with Crippen molar-refractivity contribution in [3.8, 4) is 34.5 Å². The number of fused-ring (bicyclic) bond motifs is 2. The first-order valence-corrected chi connectivity index (χ1v) is 11.8. The van der Waals surface area contributed by atoms with Gasteiger partial charge >= 0.3 is 11.9 Å². The lowest BCUT2D eigenvalue weighted by atomic mass is 9.73. The summed E-state index contributed by atoms with van der Waals surface area (Å²) in [6, 6.07) is 6.58. The van der Waals surface area contributed by atoms with Crippen molar-refractivity contribution < 1.29 is 52.6 Å². The zero-order valence-electron chi connectivity index (χ0n) is 21.3. The monoisotopic (exact) mass is 518 g/mol. The van der Waals surface area contributed by atoms with Crippen molar-refractivity contribution in [2.75, 3.05) is 41.3 Å². The Morgan fingerprint density at radius 1 is 0.919 bits per heavy atom. The second-order valence-electron chi connectivity index (χ2n) is 8.34. The summed E-state index contributed by atoms with van der Waals surface area (Å²) in [7, 11) is 4.41. The van der Waals surface area contributed by atoms with Gasteiger partial charge in [0.05, 0.1) is 34.5 Å². The van der Waals surface area contributed by atoms with Crippen molar-refractivity contribution in [3.05, 3.63) is 35.4 Å². The molecule has 4 rings (SSSR count). The third kappa shape index (κ3) is 4.78. The molecule has 0 aliphatic carbocycles. The molecule has 2 aromatic carbocycles. The van der Waals surface area contributed by atoms with Crippen LogP contribution in [0.2, 0.25) is 0 Å². The number of methoxy groups -OCH3 is 3. The highest BCUT2D eigenvalue weighted by Crippen LogP contribution is 2.54. The maximum absolute atomic E-state index is 13.5. The van der Waals surface area contributed by atoms with E-state index in [1.807, 2.05) is 0 Å². The summed E-state index contributed by atoms with van der Waals surface area (Å²) in [5, 5.41) is 11.8. The molecule has 2 aliphatic rings. The Labute approximate surface area is 214 Å². The smallest absolute Gasteiger partial charge is 0.316 e. The molecule has 0 bridgehead atoms. The zero-order chi connectivity index (χ0) is 26.7. The number of rotatable bonds is 9. The number of carbonyl (C=O) groups is 2. The van der Waals surface area contributed by atoms with Gasteiger partial charge in [-0.2, -0.15) is 0 Å². The molecule has 0 aromatic heterocycles. The SMILES string of the molecule is CCOC(=O)C[C@@]1(O)Oc2cc3c(cc2[C@@H](c2cc(OC)c(OC)c(OC)c2)[C@@H]1C(=O)OCC)OCO3. The number of carbonyl (C=O) groups excluding carboxylic acids is 2. The van der Waals surface area contributed by atoms with Crippen LogP contribution in [0.3, 0.4) is 0 Å². The highest BCUT2D eigenvalue weighted by molar-refractivity contribution is 5.80. The molecule has 0 saturated heterocycles. The second kappa shape index (κ2) is 10.6. The molecule has 3 atom stereocenters. The molecule has 37 heavy (non-hydrogen) atoms. The summed E-state index contributed by atoms with van der Waals surface area (Å²) in [4.78, 5) is 26.0. The van der Waals surface area contributed by atoms with Gasteiger partial charge in [-0.1, -0.05) is 0 Å². The summed E-state index contributed by atoms with van der Waals surface area (Å²) in [6.45, 7) is 3.42. The van der Waals surface area contributed by atoms with E-state index in [1.165, 1.54) is 21.3 Å². The highest BCUT2D eigenvalue weighted by Gasteiger charge is 2.56. The van der Waals surface area contributed by atoms with E-state index in [9.17, 15) is 14.7 Å². The van der Waals surface area contributed by atoms with Gasteiger partial charge in [0.1, 0.15) is 18.1 Å². The van der Waals surface area contributed by atoms with Crippen molar-refractivity contribution in [3.63, 3.8) is 0 Å². The molecule has 0 unspecified atom stereocenters. The Balaban J connectivity index is 1.98. The van der Waals surface area contributed by atoms with Crippen LogP contribution in [0, 0.1) is 5.92 Å². The summed E-state index contributed by atoms with van der Waals surface area (Å²) in [6.07, 6.45) is -0.626. The fraction of sp³-hybridized carbons (Fsp3) is 0.462. The van der Waals surface area contributed by atoms with E-state index in [-0.39, 0.29) is 25.8 Å². The van der Waals surface area contributed by atoms with Crippen molar-refractivity contribution >= 4 is 11.9 Å². The third-order valence-corrected chi connectivity index (χ3v) is 6.24. The second-order valence-corrected chi connectivity index (χ2v) is 8.34. The van der Waals surface area contributed by atoms with Crippen molar-refractivity contribution in [2.24, 2.45) is 5.92 Å². The first-order valence-electron chi connectivity index (χ1n) is 11.8. The van der Waals surface area contributed by atoms with Crippen molar-refractivity contribution in [2.45, 2.75) is 32.0 Å². The molecule has 2 heterocycles. The predicted molar refractivity (Wildman–Crippen MR) is 127 cm³/mol. The standard InChI is InChI=1S/C26H30O11/c1-6-33-21(27)12-26(29)23(25(28)34-7-2)22(14-8-19(30-3)24(32-5)20(9-14)31-4)15-10-17-18(36-13-35-17)11-16(15)37-26/h8-11,22-23,29H,6-7,12-13H2,1-5H3/t22-,23-,26-/m1/s1. The van der Waals surface area contributed by atoms with Crippen LogP contribution >= 0.6 is 0 Å². The third-order valence-electron chi connectivity index (χ3n) is 6.24. The molecular formula is C26H30O11. The lowest BCUT2D eigenvalue weighted by molar-refractivity contribution is -0.214. The molecule has 2 aliphatic heterocycles. The van der Waals surface area contributed by atoms with Gasteiger partial charge in [-0.15, -0.1) is 0 Å². The molecule has 0 amide bonds.